The second-order valence-corrected chi connectivity index (χ2v) is 14.7. The van der Waals surface area contributed by atoms with Crippen LogP contribution >= 0.6 is 0 Å². The number of rotatable bonds is 12. The summed E-state index contributed by atoms with van der Waals surface area (Å²) >= 11 is 0. The first-order valence-electron chi connectivity index (χ1n) is 17.4. The van der Waals surface area contributed by atoms with Crippen LogP contribution in [-0.2, 0) is 19.1 Å². The molecule has 1 unspecified atom stereocenters. The second-order valence-electron chi connectivity index (χ2n) is 14.7. The first kappa shape index (κ1) is 41.0. The summed E-state index contributed by atoms with van der Waals surface area (Å²) in [6, 6.07) is 12.2. The summed E-state index contributed by atoms with van der Waals surface area (Å²) in [4.78, 5) is 65.5. The molecule has 0 fully saturated rings. The quantitative estimate of drug-likeness (QED) is 0.164. The molecule has 3 N–H and O–H groups in total. The fourth-order valence-corrected chi connectivity index (χ4v) is 5.70. The first-order valence-corrected chi connectivity index (χ1v) is 17.4. The summed E-state index contributed by atoms with van der Waals surface area (Å²) in [7, 11) is 4.36. The number of fused-ring (bicyclic) bond motifs is 1. The van der Waals surface area contributed by atoms with E-state index in [1.165, 1.54) is 27.4 Å². The van der Waals surface area contributed by atoms with Gasteiger partial charge in [-0.1, -0.05) is 18.2 Å². The fraction of sp³-hybridized carbons (Fsp3) is 0.425. The molecule has 290 valence electrons. The number of esters is 1. The predicted octanol–water partition coefficient (Wildman–Crippen LogP) is 6.93. The summed E-state index contributed by atoms with van der Waals surface area (Å²) in [5, 5.41) is 8.17. The van der Waals surface area contributed by atoms with Gasteiger partial charge in [-0.15, -0.1) is 0 Å². The van der Waals surface area contributed by atoms with Crippen LogP contribution in [0.2, 0.25) is 0 Å². The Labute approximate surface area is 315 Å². The molecule has 4 rings (SSSR count). The van der Waals surface area contributed by atoms with Crippen molar-refractivity contribution < 1.29 is 52.4 Å². The molecule has 0 radical (unpaired) electrons. The summed E-state index contributed by atoms with van der Waals surface area (Å²) in [5.74, 6) is -0.691. The lowest BCUT2D eigenvalue weighted by atomic mass is 9.94. The largest absolute Gasteiger partial charge is 0.493 e. The minimum atomic E-state index is -1.15. The third-order valence-corrected chi connectivity index (χ3v) is 8.04. The molecule has 0 aliphatic carbocycles. The standard InChI is InChI=1S/C40H49N3O11/c1-22-14-15-25(42-37(47)27(43-38(48)54-40(5,6)7)16-17-32(45)53-39(2,3)4)19-26(22)36(46)41-24-13-11-12-23(18-24)29-20-28(44)33-30(52-29)21-31(49-8)34(50-9)35(33)51-10/h11-15,18-19,21,27,29H,16-17,20H2,1-10H3,(H,41,46)(H,42,47)(H,43,48)/t27-,29?/m0/s1. The molecule has 14 nitrogen and oxygen atoms in total. The van der Waals surface area contributed by atoms with Crippen molar-refractivity contribution in [3.63, 3.8) is 0 Å². The number of carbonyl (C=O) groups excluding carboxylic acids is 5. The zero-order chi connectivity index (χ0) is 40.0. The lowest BCUT2D eigenvalue weighted by Crippen LogP contribution is -2.46. The van der Waals surface area contributed by atoms with Crippen molar-refractivity contribution in [2.45, 2.75) is 91.1 Å². The van der Waals surface area contributed by atoms with E-state index in [2.05, 4.69) is 16.0 Å². The molecule has 0 saturated carbocycles. The van der Waals surface area contributed by atoms with E-state index < -0.39 is 47.2 Å². The van der Waals surface area contributed by atoms with Gasteiger partial charge in [0.15, 0.2) is 17.3 Å². The Bertz CT molecular complexity index is 1910. The zero-order valence-corrected chi connectivity index (χ0v) is 32.4. The molecule has 54 heavy (non-hydrogen) atoms. The maximum Gasteiger partial charge on any atom is 0.408 e. The highest BCUT2D eigenvalue weighted by Crippen LogP contribution is 2.49. The molecule has 3 amide bonds. The van der Waals surface area contributed by atoms with Gasteiger partial charge in [-0.25, -0.2) is 4.79 Å². The van der Waals surface area contributed by atoms with Crippen LogP contribution in [0.1, 0.15) is 98.8 Å². The molecule has 14 heteroatoms. The number of Topliss-reactive ketones (excluding diaryl/α,β-unsaturated/α-hetero) is 1. The number of ether oxygens (including phenoxy) is 6. The zero-order valence-electron chi connectivity index (χ0n) is 32.4. The van der Waals surface area contributed by atoms with E-state index in [-0.39, 0.29) is 59.1 Å². The number of nitrogens with one attached hydrogen (secondary N) is 3. The van der Waals surface area contributed by atoms with Crippen LogP contribution in [0.25, 0.3) is 0 Å². The van der Waals surface area contributed by atoms with Gasteiger partial charge in [0.2, 0.25) is 11.7 Å². The van der Waals surface area contributed by atoms with Crippen LogP contribution in [0, 0.1) is 6.92 Å². The highest BCUT2D eigenvalue weighted by Gasteiger charge is 2.34. The normalized spacial score (nSPS) is 14.4. The van der Waals surface area contributed by atoms with Crippen LogP contribution in [0.4, 0.5) is 16.2 Å². The Hall–Kier alpha value is -5.79. The summed E-state index contributed by atoms with van der Waals surface area (Å²) < 4.78 is 33.3. The van der Waals surface area contributed by atoms with Gasteiger partial charge >= 0.3 is 12.1 Å². The smallest absolute Gasteiger partial charge is 0.408 e. The number of methoxy groups -OCH3 is 3. The molecule has 3 aromatic rings. The average molecular weight is 748 g/mol. The number of anilines is 2. The van der Waals surface area contributed by atoms with Crippen LogP contribution < -0.4 is 34.9 Å². The Balaban J connectivity index is 1.50. The van der Waals surface area contributed by atoms with Gasteiger partial charge in [0.1, 0.15) is 34.7 Å². The lowest BCUT2D eigenvalue weighted by Gasteiger charge is -2.28. The van der Waals surface area contributed by atoms with Crippen molar-refractivity contribution in [3.8, 4) is 23.0 Å². The van der Waals surface area contributed by atoms with Crippen molar-refractivity contribution in [1.29, 1.82) is 0 Å². The van der Waals surface area contributed by atoms with Gasteiger partial charge in [0, 0.05) is 29.4 Å². The number of alkyl carbamates (subject to hydrolysis) is 1. The third-order valence-electron chi connectivity index (χ3n) is 8.04. The van der Waals surface area contributed by atoms with Crippen LogP contribution in [0.15, 0.2) is 48.5 Å². The summed E-state index contributed by atoms with van der Waals surface area (Å²) in [6.45, 7) is 12.0. The van der Waals surface area contributed by atoms with E-state index in [9.17, 15) is 24.0 Å². The van der Waals surface area contributed by atoms with Gasteiger partial charge in [-0.2, -0.15) is 0 Å². The topological polar surface area (TPSA) is 177 Å². The van der Waals surface area contributed by atoms with E-state index in [1.807, 2.05) is 0 Å². The van der Waals surface area contributed by atoms with Gasteiger partial charge in [-0.3, -0.25) is 19.2 Å². The molecule has 3 aromatic carbocycles. The molecule has 0 aromatic heterocycles. The first-order chi connectivity index (χ1) is 25.3. The molecule has 1 aliphatic rings. The summed E-state index contributed by atoms with van der Waals surface area (Å²) in [6.07, 6.45) is -1.69. The maximum atomic E-state index is 13.6. The van der Waals surface area contributed by atoms with Gasteiger partial charge < -0.3 is 44.4 Å². The summed E-state index contributed by atoms with van der Waals surface area (Å²) in [5.41, 5.74) is 0.997. The maximum absolute atomic E-state index is 13.6. The highest BCUT2D eigenvalue weighted by atomic mass is 16.6. The van der Waals surface area contributed by atoms with E-state index in [0.717, 1.165) is 0 Å². The van der Waals surface area contributed by atoms with E-state index in [0.29, 0.717) is 22.6 Å². The van der Waals surface area contributed by atoms with Crippen molar-refractivity contribution in [2.24, 2.45) is 0 Å². The molecule has 1 aliphatic heterocycles. The number of carbonyl (C=O) groups is 5. The Morgan fingerprint density at radius 2 is 1.50 bits per heavy atom. The van der Waals surface area contributed by atoms with Crippen molar-refractivity contribution >= 4 is 41.0 Å². The number of ketones is 1. The minimum absolute atomic E-state index is 0.0125. The van der Waals surface area contributed by atoms with Crippen molar-refractivity contribution in [1.82, 2.24) is 5.32 Å². The molecule has 1 heterocycles. The van der Waals surface area contributed by atoms with E-state index in [4.69, 9.17) is 28.4 Å². The third kappa shape index (κ3) is 10.6. The number of hydrogen-bond acceptors (Lipinski definition) is 11. The monoisotopic (exact) mass is 747 g/mol. The highest BCUT2D eigenvalue weighted by molar-refractivity contribution is 6.07. The second kappa shape index (κ2) is 16.9. The van der Waals surface area contributed by atoms with Gasteiger partial charge in [0.05, 0.1) is 27.8 Å². The van der Waals surface area contributed by atoms with E-state index in [1.54, 1.807) is 90.9 Å². The van der Waals surface area contributed by atoms with Crippen molar-refractivity contribution in [3.05, 3.63) is 70.8 Å². The molecule has 2 atom stereocenters. The van der Waals surface area contributed by atoms with Crippen LogP contribution in [0.3, 0.4) is 0 Å². The van der Waals surface area contributed by atoms with Crippen molar-refractivity contribution in [2.75, 3.05) is 32.0 Å². The lowest BCUT2D eigenvalue weighted by molar-refractivity contribution is -0.155. The molecular formula is C40H49N3O11. The SMILES string of the molecule is COc1cc2c(c(OC)c1OC)C(=O)CC(c1cccc(NC(=O)c3cc(NC(=O)[C@H](CCC(=O)OC(C)(C)C)NC(=O)OC(C)(C)C)ccc3C)c1)O2. The van der Waals surface area contributed by atoms with Gasteiger partial charge in [0.25, 0.3) is 5.91 Å². The molecule has 0 spiro atoms. The molecular weight excluding hydrogens is 698 g/mol. The Kier molecular flexibility index (Phi) is 12.8. The van der Waals surface area contributed by atoms with Gasteiger partial charge in [-0.05, 0) is 90.3 Å². The fourth-order valence-electron chi connectivity index (χ4n) is 5.70. The number of aryl methyl sites for hydroxylation is 1. The average Bonchev–Trinajstić information content (AvgIpc) is 3.08. The molecule has 0 saturated heterocycles. The number of hydrogen-bond donors (Lipinski definition) is 3. The minimum Gasteiger partial charge on any atom is -0.493 e. The van der Waals surface area contributed by atoms with Crippen LogP contribution in [-0.4, -0.2) is 68.2 Å². The van der Waals surface area contributed by atoms with Crippen LogP contribution in [0.5, 0.6) is 23.0 Å². The Morgan fingerprint density at radius 1 is 0.833 bits per heavy atom. The number of amides is 3. The predicted molar refractivity (Wildman–Crippen MR) is 201 cm³/mol. The molecule has 0 bridgehead atoms. The Morgan fingerprint density at radius 3 is 2.13 bits per heavy atom. The number of benzene rings is 3. The van der Waals surface area contributed by atoms with E-state index >= 15 is 0 Å².